The summed E-state index contributed by atoms with van der Waals surface area (Å²) in [5, 5.41) is 3.22. The number of fused-ring (bicyclic) bond motifs is 3. The molecule has 0 aliphatic carbocycles. The van der Waals surface area contributed by atoms with Crippen LogP contribution in [0.4, 0.5) is 0 Å². The zero-order valence-corrected chi connectivity index (χ0v) is 9.10. The summed E-state index contributed by atoms with van der Waals surface area (Å²) in [7, 11) is 0. The van der Waals surface area contributed by atoms with Crippen LogP contribution in [0.25, 0.3) is 21.8 Å². The van der Waals surface area contributed by atoms with E-state index in [1.807, 2.05) is 18.2 Å². The predicted molar refractivity (Wildman–Crippen MR) is 65.6 cm³/mol. The molecule has 0 saturated heterocycles. The Balaban J connectivity index is 2.58. The first-order valence-electron chi connectivity index (χ1n) is 4.92. The average molecular weight is 216 g/mol. The molecule has 1 N–H and O–H groups in total. The van der Waals surface area contributed by atoms with Crippen molar-refractivity contribution in [3.8, 4) is 0 Å². The van der Waals surface area contributed by atoms with E-state index in [-0.39, 0.29) is 0 Å². The summed E-state index contributed by atoms with van der Waals surface area (Å²) >= 11 is 6.00. The Kier molecular flexibility index (Phi) is 1.77. The Morgan fingerprint density at radius 1 is 1.07 bits per heavy atom. The van der Waals surface area contributed by atoms with Gasteiger partial charge in [-0.2, -0.15) is 0 Å². The number of rotatable bonds is 0. The molecule has 0 spiro atoms. The third-order valence-corrected chi connectivity index (χ3v) is 3.04. The molecule has 0 unspecified atom stereocenters. The van der Waals surface area contributed by atoms with Gasteiger partial charge in [0.05, 0.1) is 0 Å². The van der Waals surface area contributed by atoms with Gasteiger partial charge in [0.2, 0.25) is 0 Å². The highest BCUT2D eigenvalue weighted by molar-refractivity contribution is 6.31. The number of aromatic amines is 1. The molecular formula is C13H10ClN. The van der Waals surface area contributed by atoms with Crippen LogP contribution < -0.4 is 0 Å². The van der Waals surface area contributed by atoms with Crippen molar-refractivity contribution < 1.29 is 0 Å². The van der Waals surface area contributed by atoms with Crippen LogP contribution in [-0.2, 0) is 0 Å². The summed E-state index contributed by atoms with van der Waals surface area (Å²) in [5.41, 5.74) is 3.61. The number of aromatic nitrogens is 1. The highest BCUT2D eigenvalue weighted by atomic mass is 35.5. The first-order valence-corrected chi connectivity index (χ1v) is 5.30. The van der Waals surface area contributed by atoms with Gasteiger partial charge in [0, 0.05) is 26.8 Å². The van der Waals surface area contributed by atoms with Crippen molar-refractivity contribution in [3.05, 3.63) is 47.0 Å². The van der Waals surface area contributed by atoms with Crippen molar-refractivity contribution in [3.63, 3.8) is 0 Å². The van der Waals surface area contributed by atoms with Crippen molar-refractivity contribution in [2.75, 3.05) is 0 Å². The molecule has 3 rings (SSSR count). The lowest BCUT2D eigenvalue weighted by atomic mass is 10.1. The number of H-pyrrole nitrogens is 1. The second-order valence-electron chi connectivity index (χ2n) is 3.81. The number of hydrogen-bond donors (Lipinski definition) is 1. The van der Waals surface area contributed by atoms with Crippen LogP contribution in [0.3, 0.4) is 0 Å². The van der Waals surface area contributed by atoms with Crippen LogP contribution in [0.1, 0.15) is 5.56 Å². The molecule has 0 bridgehead atoms. The zero-order chi connectivity index (χ0) is 10.4. The lowest BCUT2D eigenvalue weighted by molar-refractivity contribution is 1.45. The monoisotopic (exact) mass is 215 g/mol. The van der Waals surface area contributed by atoms with Crippen LogP contribution in [0.5, 0.6) is 0 Å². The molecular weight excluding hydrogens is 206 g/mol. The van der Waals surface area contributed by atoms with Crippen molar-refractivity contribution in [1.29, 1.82) is 0 Å². The smallest absolute Gasteiger partial charge is 0.0494 e. The fourth-order valence-corrected chi connectivity index (χ4v) is 2.21. The van der Waals surface area contributed by atoms with Gasteiger partial charge < -0.3 is 4.98 Å². The van der Waals surface area contributed by atoms with E-state index in [9.17, 15) is 0 Å². The Morgan fingerprint density at radius 2 is 1.93 bits per heavy atom. The quantitative estimate of drug-likeness (QED) is 0.576. The van der Waals surface area contributed by atoms with E-state index in [4.69, 9.17) is 11.6 Å². The van der Waals surface area contributed by atoms with Crippen LogP contribution in [0.15, 0.2) is 36.4 Å². The molecule has 2 aromatic carbocycles. The minimum absolute atomic E-state index is 0.782. The van der Waals surface area contributed by atoms with Gasteiger partial charge in [0.25, 0.3) is 0 Å². The Bertz CT molecular complexity index is 652. The molecule has 1 aromatic heterocycles. The highest BCUT2D eigenvalue weighted by Crippen LogP contribution is 2.29. The van der Waals surface area contributed by atoms with Gasteiger partial charge in [-0.05, 0) is 30.7 Å². The van der Waals surface area contributed by atoms with E-state index in [0.717, 1.165) is 10.5 Å². The van der Waals surface area contributed by atoms with E-state index >= 15 is 0 Å². The summed E-state index contributed by atoms with van der Waals surface area (Å²) in [6.45, 7) is 2.11. The fraction of sp³-hybridized carbons (Fsp3) is 0.0769. The van der Waals surface area contributed by atoms with Crippen molar-refractivity contribution in [2.45, 2.75) is 6.92 Å². The predicted octanol–water partition coefficient (Wildman–Crippen LogP) is 4.28. The van der Waals surface area contributed by atoms with E-state index in [2.05, 4.69) is 30.1 Å². The first-order chi connectivity index (χ1) is 7.25. The molecule has 0 amide bonds. The summed E-state index contributed by atoms with van der Waals surface area (Å²) < 4.78 is 0. The van der Waals surface area contributed by atoms with Crippen molar-refractivity contribution >= 4 is 33.4 Å². The maximum atomic E-state index is 6.00. The molecule has 0 saturated carbocycles. The fourth-order valence-electron chi connectivity index (χ4n) is 2.04. The van der Waals surface area contributed by atoms with Gasteiger partial charge in [-0.25, -0.2) is 0 Å². The van der Waals surface area contributed by atoms with E-state index < -0.39 is 0 Å². The lowest BCUT2D eigenvalue weighted by Crippen LogP contribution is -1.73. The summed E-state index contributed by atoms with van der Waals surface area (Å²) in [4.78, 5) is 3.41. The van der Waals surface area contributed by atoms with Gasteiger partial charge in [-0.15, -0.1) is 0 Å². The molecule has 0 fully saturated rings. The SMILES string of the molecule is Cc1cccc2c1[nH]c1ccc(Cl)cc12. The summed E-state index contributed by atoms with van der Waals surface area (Å²) in [5.74, 6) is 0. The minimum atomic E-state index is 0.782. The molecule has 0 aliphatic rings. The topological polar surface area (TPSA) is 15.8 Å². The largest absolute Gasteiger partial charge is 0.354 e. The molecule has 15 heavy (non-hydrogen) atoms. The average Bonchev–Trinajstić information content (AvgIpc) is 2.58. The van der Waals surface area contributed by atoms with Crippen LogP contribution in [0.2, 0.25) is 5.02 Å². The molecule has 0 atom stereocenters. The second-order valence-corrected chi connectivity index (χ2v) is 4.25. The molecule has 1 heterocycles. The molecule has 0 radical (unpaired) electrons. The Labute approximate surface area is 92.7 Å². The second kappa shape index (κ2) is 3.01. The molecule has 0 aliphatic heterocycles. The molecule has 1 nitrogen and oxygen atoms in total. The maximum Gasteiger partial charge on any atom is 0.0494 e. The number of hydrogen-bond acceptors (Lipinski definition) is 0. The molecule has 3 aromatic rings. The Hall–Kier alpha value is -1.47. The maximum absolute atomic E-state index is 6.00. The third kappa shape index (κ3) is 1.24. The lowest BCUT2D eigenvalue weighted by Gasteiger charge is -1.94. The standard InChI is InChI=1S/C13H10ClN/c1-8-3-2-4-10-11-7-9(14)5-6-12(11)15-13(8)10/h2-7,15H,1H3. The van der Waals surface area contributed by atoms with Gasteiger partial charge in [0.1, 0.15) is 0 Å². The van der Waals surface area contributed by atoms with E-state index in [1.165, 1.54) is 21.9 Å². The first kappa shape index (κ1) is 8.81. The number of benzene rings is 2. The van der Waals surface area contributed by atoms with Crippen molar-refractivity contribution in [2.24, 2.45) is 0 Å². The number of nitrogens with one attached hydrogen (secondary N) is 1. The molecule has 2 heteroatoms. The minimum Gasteiger partial charge on any atom is -0.354 e. The zero-order valence-electron chi connectivity index (χ0n) is 8.34. The third-order valence-electron chi connectivity index (χ3n) is 2.80. The Morgan fingerprint density at radius 3 is 2.80 bits per heavy atom. The van der Waals surface area contributed by atoms with Gasteiger partial charge in [0.15, 0.2) is 0 Å². The van der Waals surface area contributed by atoms with Gasteiger partial charge >= 0.3 is 0 Å². The number of aryl methyl sites for hydroxylation is 1. The molecule has 74 valence electrons. The van der Waals surface area contributed by atoms with Gasteiger partial charge in [-0.1, -0.05) is 29.8 Å². The van der Waals surface area contributed by atoms with Crippen LogP contribution in [0, 0.1) is 6.92 Å². The number of halogens is 1. The normalized spacial score (nSPS) is 11.3. The number of para-hydroxylation sites is 1. The van der Waals surface area contributed by atoms with E-state index in [0.29, 0.717) is 0 Å². The van der Waals surface area contributed by atoms with Gasteiger partial charge in [-0.3, -0.25) is 0 Å². The highest BCUT2D eigenvalue weighted by Gasteiger charge is 2.05. The summed E-state index contributed by atoms with van der Waals surface area (Å²) in [6.07, 6.45) is 0. The van der Waals surface area contributed by atoms with Crippen LogP contribution in [-0.4, -0.2) is 4.98 Å². The van der Waals surface area contributed by atoms with E-state index in [1.54, 1.807) is 0 Å². The van der Waals surface area contributed by atoms with Crippen LogP contribution >= 0.6 is 11.6 Å². The van der Waals surface area contributed by atoms with Crippen molar-refractivity contribution in [1.82, 2.24) is 4.98 Å². The summed E-state index contributed by atoms with van der Waals surface area (Å²) in [6, 6.07) is 12.3.